The van der Waals surface area contributed by atoms with Crippen LogP contribution < -0.4 is 0 Å². The van der Waals surface area contributed by atoms with Crippen LogP contribution in [0.3, 0.4) is 0 Å². The maximum atomic E-state index is 11.1. The van der Waals surface area contributed by atoms with E-state index in [4.69, 9.17) is 11.6 Å². The van der Waals surface area contributed by atoms with E-state index in [1.807, 2.05) is 0 Å². The highest BCUT2D eigenvalue weighted by Crippen LogP contribution is 2.21. The molecule has 1 aromatic rings. The van der Waals surface area contributed by atoms with E-state index in [0.717, 1.165) is 5.56 Å². The van der Waals surface area contributed by atoms with Crippen LogP contribution in [0, 0.1) is 6.92 Å². The van der Waals surface area contributed by atoms with Gasteiger partial charge in [-0.3, -0.25) is 4.79 Å². The van der Waals surface area contributed by atoms with E-state index in [9.17, 15) is 9.59 Å². The van der Waals surface area contributed by atoms with Gasteiger partial charge in [-0.05, 0) is 37.1 Å². The lowest BCUT2D eigenvalue weighted by molar-refractivity contribution is -0.111. The van der Waals surface area contributed by atoms with Gasteiger partial charge in [-0.15, -0.1) is 0 Å². The molecular formula is C11H9ClO2. The van der Waals surface area contributed by atoms with Gasteiger partial charge in [0.25, 0.3) is 0 Å². The van der Waals surface area contributed by atoms with Crippen LogP contribution in [0.1, 0.15) is 18.1 Å². The number of benzene rings is 1. The Labute approximate surface area is 87.2 Å². The summed E-state index contributed by atoms with van der Waals surface area (Å²) in [6.45, 7) is 3.13. The van der Waals surface area contributed by atoms with Crippen molar-refractivity contribution in [2.45, 2.75) is 13.8 Å². The van der Waals surface area contributed by atoms with E-state index in [1.165, 1.54) is 6.92 Å². The smallest absolute Gasteiger partial charge is 0.171 e. The molecule has 1 aromatic carbocycles. The summed E-state index contributed by atoms with van der Waals surface area (Å²) in [5.74, 6) is 1.37. The first-order chi connectivity index (χ1) is 6.56. The Hall–Kier alpha value is -1.37. The Morgan fingerprint density at radius 2 is 2.07 bits per heavy atom. The fraction of sp³-hybridized carbons (Fsp3) is 0.182. The molecule has 0 amide bonds. The molecule has 0 bridgehead atoms. The van der Waals surface area contributed by atoms with Crippen LogP contribution in [0.2, 0.25) is 5.02 Å². The second-order valence-corrected chi connectivity index (χ2v) is 3.43. The van der Waals surface area contributed by atoms with E-state index in [0.29, 0.717) is 10.6 Å². The van der Waals surface area contributed by atoms with Gasteiger partial charge in [0.15, 0.2) is 5.78 Å². The summed E-state index contributed by atoms with van der Waals surface area (Å²) in [5, 5.41) is 0.583. The van der Waals surface area contributed by atoms with Gasteiger partial charge in [-0.2, -0.15) is 0 Å². The molecule has 2 nitrogen and oxygen atoms in total. The number of halogens is 1. The Morgan fingerprint density at radius 3 is 2.50 bits per heavy atom. The summed E-state index contributed by atoms with van der Waals surface area (Å²) >= 11 is 5.75. The van der Waals surface area contributed by atoms with Crippen LogP contribution >= 0.6 is 11.6 Å². The Morgan fingerprint density at radius 1 is 1.43 bits per heavy atom. The predicted octanol–water partition coefficient (Wildman–Crippen LogP) is 2.45. The van der Waals surface area contributed by atoms with Gasteiger partial charge in [0.05, 0.1) is 0 Å². The first kappa shape index (κ1) is 10.7. The van der Waals surface area contributed by atoms with E-state index in [-0.39, 0.29) is 11.4 Å². The summed E-state index contributed by atoms with van der Waals surface area (Å²) in [4.78, 5) is 21.6. The van der Waals surface area contributed by atoms with Crippen molar-refractivity contribution in [1.82, 2.24) is 0 Å². The number of carbonyl (C=O) groups is 1. The lowest BCUT2D eigenvalue weighted by Crippen LogP contribution is -1.98. The highest BCUT2D eigenvalue weighted by molar-refractivity contribution is 6.31. The van der Waals surface area contributed by atoms with Crippen molar-refractivity contribution in [1.29, 1.82) is 0 Å². The second kappa shape index (κ2) is 4.23. The summed E-state index contributed by atoms with van der Waals surface area (Å²) in [5.41, 5.74) is 1.46. The minimum atomic E-state index is -0.287. The second-order valence-electron chi connectivity index (χ2n) is 2.99. The molecule has 0 fully saturated rings. The SMILES string of the molecule is CC(=O)C(=C=O)c1ccc(Cl)cc1C. The molecular weight excluding hydrogens is 200 g/mol. The van der Waals surface area contributed by atoms with Crippen molar-refractivity contribution >= 4 is 28.9 Å². The summed E-state index contributed by atoms with van der Waals surface area (Å²) in [6.07, 6.45) is 0. The average Bonchev–Trinajstić information content (AvgIpc) is 2.09. The number of hydrogen-bond acceptors (Lipinski definition) is 2. The molecule has 1 rings (SSSR count). The molecule has 0 saturated carbocycles. The number of carbonyl (C=O) groups excluding carboxylic acids is 2. The largest absolute Gasteiger partial charge is 0.294 e. The summed E-state index contributed by atoms with van der Waals surface area (Å²) < 4.78 is 0. The van der Waals surface area contributed by atoms with Crippen LogP contribution in [-0.2, 0) is 9.59 Å². The highest BCUT2D eigenvalue weighted by Gasteiger charge is 2.10. The van der Waals surface area contributed by atoms with E-state index >= 15 is 0 Å². The normalized spacial score (nSPS) is 9.36. The maximum Gasteiger partial charge on any atom is 0.171 e. The number of ketones is 1. The first-order valence-electron chi connectivity index (χ1n) is 4.09. The van der Waals surface area contributed by atoms with Gasteiger partial charge in [-0.1, -0.05) is 17.7 Å². The molecule has 0 heterocycles. The predicted molar refractivity (Wildman–Crippen MR) is 56.0 cm³/mol. The molecule has 14 heavy (non-hydrogen) atoms. The van der Waals surface area contributed by atoms with Crippen molar-refractivity contribution in [2.24, 2.45) is 0 Å². The van der Waals surface area contributed by atoms with Crippen molar-refractivity contribution in [3.05, 3.63) is 34.3 Å². The molecule has 0 aliphatic heterocycles. The number of rotatable bonds is 2. The standard InChI is InChI=1S/C11H9ClO2/c1-7-5-9(12)3-4-10(7)11(6-13)8(2)14/h3-5H,1-2H3. The van der Waals surface area contributed by atoms with Crippen LogP contribution in [0.4, 0.5) is 0 Å². The van der Waals surface area contributed by atoms with Crippen LogP contribution in [0.15, 0.2) is 18.2 Å². The van der Waals surface area contributed by atoms with Gasteiger partial charge >= 0.3 is 0 Å². The van der Waals surface area contributed by atoms with Crippen LogP contribution in [0.25, 0.3) is 5.57 Å². The molecule has 72 valence electrons. The van der Waals surface area contributed by atoms with Crippen molar-refractivity contribution < 1.29 is 9.59 Å². The van der Waals surface area contributed by atoms with Gasteiger partial charge in [0.1, 0.15) is 11.5 Å². The molecule has 0 radical (unpaired) electrons. The van der Waals surface area contributed by atoms with Crippen LogP contribution in [-0.4, -0.2) is 11.7 Å². The quantitative estimate of drug-likeness (QED) is 0.553. The van der Waals surface area contributed by atoms with Crippen molar-refractivity contribution in [2.75, 3.05) is 0 Å². The maximum absolute atomic E-state index is 11.1. The molecule has 0 aliphatic rings. The molecule has 0 unspecified atom stereocenters. The third-order valence-electron chi connectivity index (χ3n) is 1.91. The minimum absolute atomic E-state index is 0.0687. The first-order valence-corrected chi connectivity index (χ1v) is 4.46. The van der Waals surface area contributed by atoms with E-state index in [1.54, 1.807) is 31.1 Å². The molecule has 3 heteroatoms. The van der Waals surface area contributed by atoms with Crippen molar-refractivity contribution in [3.8, 4) is 0 Å². The summed E-state index contributed by atoms with van der Waals surface area (Å²) in [6, 6.07) is 5.00. The molecule has 0 spiro atoms. The van der Waals surface area contributed by atoms with Crippen LogP contribution in [0.5, 0.6) is 0 Å². The van der Waals surface area contributed by atoms with Crippen molar-refractivity contribution in [3.63, 3.8) is 0 Å². The molecule has 0 aromatic heterocycles. The fourth-order valence-corrected chi connectivity index (χ4v) is 1.45. The molecule has 0 aliphatic carbocycles. The van der Waals surface area contributed by atoms with Gasteiger partial charge in [-0.25, -0.2) is 4.79 Å². The fourth-order valence-electron chi connectivity index (χ4n) is 1.22. The zero-order valence-corrected chi connectivity index (χ0v) is 8.68. The third-order valence-corrected chi connectivity index (χ3v) is 2.15. The topological polar surface area (TPSA) is 34.1 Å². The number of Topliss-reactive ketones (excluding diaryl/α,β-unsaturated/α-hetero) is 1. The molecule has 0 N–H and O–H groups in total. The van der Waals surface area contributed by atoms with Gasteiger partial charge in [0, 0.05) is 5.02 Å². The monoisotopic (exact) mass is 208 g/mol. The number of aryl methyl sites for hydroxylation is 1. The molecule has 0 saturated heterocycles. The lowest BCUT2D eigenvalue weighted by atomic mass is 9.99. The third kappa shape index (κ3) is 2.11. The average molecular weight is 209 g/mol. The molecule has 0 atom stereocenters. The number of hydrogen-bond donors (Lipinski definition) is 0. The Bertz CT molecular complexity index is 429. The Kier molecular flexibility index (Phi) is 3.23. The van der Waals surface area contributed by atoms with E-state index in [2.05, 4.69) is 0 Å². The zero-order chi connectivity index (χ0) is 10.7. The minimum Gasteiger partial charge on any atom is -0.294 e. The number of allylic oxidation sites excluding steroid dienone is 1. The van der Waals surface area contributed by atoms with E-state index < -0.39 is 0 Å². The van der Waals surface area contributed by atoms with Gasteiger partial charge < -0.3 is 0 Å². The zero-order valence-electron chi connectivity index (χ0n) is 7.93. The lowest BCUT2D eigenvalue weighted by Gasteiger charge is -2.04. The summed E-state index contributed by atoms with van der Waals surface area (Å²) in [7, 11) is 0. The Balaban J connectivity index is 3.33. The van der Waals surface area contributed by atoms with Gasteiger partial charge in [0.2, 0.25) is 0 Å². The highest BCUT2D eigenvalue weighted by atomic mass is 35.5.